The molecule has 1 rings (SSSR count). The van der Waals surface area contributed by atoms with E-state index >= 15 is 0 Å². The minimum Gasteiger partial charge on any atom is -0.480 e. The highest BCUT2D eigenvalue weighted by Gasteiger charge is 2.12. The largest absolute Gasteiger partial charge is 0.480 e. The lowest BCUT2D eigenvalue weighted by Gasteiger charge is -2.12. The number of hydrogen-bond acceptors (Lipinski definition) is 3. The predicted octanol–water partition coefficient (Wildman–Crippen LogP) is 2.95. The molecule has 4 nitrogen and oxygen atoms in total. The molecule has 1 aromatic rings. The lowest BCUT2D eigenvalue weighted by molar-refractivity contribution is -0.139. The Bertz CT molecular complexity index is 450. The van der Waals surface area contributed by atoms with Crippen molar-refractivity contribution in [2.75, 3.05) is 27.2 Å². The summed E-state index contributed by atoms with van der Waals surface area (Å²) in [6, 6.07) is 3.48. The predicted molar refractivity (Wildman–Crippen MR) is 76.5 cm³/mol. The van der Waals surface area contributed by atoms with Gasteiger partial charge in [0.05, 0.1) is 5.02 Å². The van der Waals surface area contributed by atoms with Crippen LogP contribution in [0.5, 0.6) is 5.75 Å². The summed E-state index contributed by atoms with van der Waals surface area (Å²) in [4.78, 5) is 12.5. The highest BCUT2D eigenvalue weighted by molar-refractivity contribution is 6.43. The van der Waals surface area contributed by atoms with Crippen LogP contribution in [0.3, 0.4) is 0 Å². The van der Waals surface area contributed by atoms with Gasteiger partial charge in [-0.2, -0.15) is 0 Å². The monoisotopic (exact) mass is 305 g/mol. The Balaban J connectivity index is 2.71. The van der Waals surface area contributed by atoms with Gasteiger partial charge >= 0.3 is 5.97 Å². The molecule has 106 valence electrons. The Morgan fingerprint density at radius 1 is 1.32 bits per heavy atom. The van der Waals surface area contributed by atoms with Gasteiger partial charge in [-0.25, -0.2) is 4.79 Å². The van der Waals surface area contributed by atoms with Gasteiger partial charge in [-0.15, -0.1) is 0 Å². The summed E-state index contributed by atoms with van der Waals surface area (Å²) in [5.41, 5.74) is 0.941. The first-order valence-corrected chi connectivity index (χ1v) is 6.63. The fourth-order valence-corrected chi connectivity index (χ4v) is 2.09. The molecule has 1 N–H and O–H groups in total. The van der Waals surface area contributed by atoms with Crippen molar-refractivity contribution in [3.8, 4) is 5.75 Å². The maximum atomic E-state index is 10.4. The average Bonchev–Trinajstić information content (AvgIpc) is 2.33. The molecule has 0 saturated carbocycles. The number of ether oxygens (including phenoxy) is 1. The summed E-state index contributed by atoms with van der Waals surface area (Å²) in [7, 11) is 4.02. The lowest BCUT2D eigenvalue weighted by Crippen LogP contribution is -2.13. The van der Waals surface area contributed by atoms with Crippen LogP contribution in [0.25, 0.3) is 0 Å². The number of halogens is 2. The summed E-state index contributed by atoms with van der Waals surface area (Å²) in [6.45, 7) is 0.529. The van der Waals surface area contributed by atoms with E-state index in [1.165, 1.54) is 0 Å². The summed E-state index contributed by atoms with van der Waals surface area (Å²) in [5, 5.41) is 9.25. The van der Waals surface area contributed by atoms with E-state index in [0.29, 0.717) is 10.8 Å². The second-order valence-corrected chi connectivity index (χ2v) is 5.20. The van der Waals surface area contributed by atoms with Crippen molar-refractivity contribution in [2.24, 2.45) is 0 Å². The maximum Gasteiger partial charge on any atom is 0.341 e. The van der Waals surface area contributed by atoms with Crippen LogP contribution in [0.1, 0.15) is 12.0 Å². The van der Waals surface area contributed by atoms with Crippen LogP contribution >= 0.6 is 23.2 Å². The van der Waals surface area contributed by atoms with Gasteiger partial charge in [0, 0.05) is 0 Å². The SMILES string of the molecule is CN(C)CCCc1ccc(OCC(=O)O)c(Cl)c1Cl. The van der Waals surface area contributed by atoms with E-state index in [2.05, 4.69) is 4.90 Å². The first-order chi connectivity index (χ1) is 8.91. The number of carbonyl (C=O) groups is 1. The van der Waals surface area contributed by atoms with E-state index in [1.807, 2.05) is 20.2 Å². The normalized spacial score (nSPS) is 10.8. The van der Waals surface area contributed by atoms with Gasteiger partial charge in [0.2, 0.25) is 0 Å². The fourth-order valence-electron chi connectivity index (χ4n) is 1.60. The topological polar surface area (TPSA) is 49.8 Å². The van der Waals surface area contributed by atoms with Gasteiger partial charge in [-0.3, -0.25) is 0 Å². The minimum absolute atomic E-state index is 0.269. The molecule has 0 fully saturated rings. The second-order valence-electron chi connectivity index (χ2n) is 4.44. The molecule has 0 aliphatic heterocycles. The third-order valence-electron chi connectivity index (χ3n) is 2.53. The number of carboxylic acid groups (broad SMARTS) is 1. The van der Waals surface area contributed by atoms with Crippen molar-refractivity contribution < 1.29 is 14.6 Å². The van der Waals surface area contributed by atoms with Crippen molar-refractivity contribution in [3.63, 3.8) is 0 Å². The van der Waals surface area contributed by atoms with Crippen LogP contribution in [-0.4, -0.2) is 43.2 Å². The summed E-state index contributed by atoms with van der Waals surface area (Å²) in [6.07, 6.45) is 1.79. The number of hydrogen-bond donors (Lipinski definition) is 1. The van der Waals surface area contributed by atoms with Crippen molar-refractivity contribution in [3.05, 3.63) is 27.7 Å². The Morgan fingerprint density at radius 3 is 2.58 bits per heavy atom. The summed E-state index contributed by atoms with van der Waals surface area (Å²) < 4.78 is 5.05. The molecule has 6 heteroatoms. The van der Waals surface area contributed by atoms with E-state index in [-0.39, 0.29) is 5.02 Å². The molecule has 0 amide bonds. The molecule has 0 atom stereocenters. The molecule has 0 radical (unpaired) electrons. The Hall–Kier alpha value is -0.970. The van der Waals surface area contributed by atoms with Crippen molar-refractivity contribution in [2.45, 2.75) is 12.8 Å². The van der Waals surface area contributed by atoms with Gasteiger partial charge < -0.3 is 14.7 Å². The molecule has 0 spiro atoms. The van der Waals surface area contributed by atoms with Gasteiger partial charge in [0.15, 0.2) is 6.61 Å². The third-order valence-corrected chi connectivity index (χ3v) is 3.43. The zero-order valence-corrected chi connectivity index (χ0v) is 12.5. The highest BCUT2D eigenvalue weighted by atomic mass is 35.5. The van der Waals surface area contributed by atoms with Crippen LogP contribution in [0.4, 0.5) is 0 Å². The number of aryl methyl sites for hydroxylation is 1. The zero-order valence-electron chi connectivity index (χ0n) is 10.9. The molecule has 1 aromatic carbocycles. The number of nitrogens with zero attached hydrogens (tertiary/aromatic N) is 1. The molecule has 0 aliphatic rings. The minimum atomic E-state index is -1.05. The summed E-state index contributed by atoms with van der Waals surface area (Å²) in [5.74, 6) is -0.757. The molecule has 0 bridgehead atoms. The van der Waals surface area contributed by atoms with Gasteiger partial charge in [0.1, 0.15) is 10.8 Å². The van der Waals surface area contributed by atoms with E-state index < -0.39 is 12.6 Å². The molecule has 0 aliphatic carbocycles. The van der Waals surface area contributed by atoms with E-state index in [4.69, 9.17) is 33.0 Å². The second kappa shape index (κ2) is 7.58. The van der Waals surface area contributed by atoms with Crippen molar-refractivity contribution >= 4 is 29.2 Å². The van der Waals surface area contributed by atoms with Crippen molar-refractivity contribution in [1.29, 1.82) is 0 Å². The molecule has 19 heavy (non-hydrogen) atoms. The van der Waals surface area contributed by atoms with Gasteiger partial charge in [-0.1, -0.05) is 29.3 Å². The van der Waals surface area contributed by atoms with Gasteiger partial charge in [-0.05, 0) is 45.1 Å². The number of aliphatic carboxylic acids is 1. The van der Waals surface area contributed by atoms with Crippen LogP contribution in [0, 0.1) is 0 Å². The van der Waals surface area contributed by atoms with Gasteiger partial charge in [0.25, 0.3) is 0 Å². The van der Waals surface area contributed by atoms with Crippen molar-refractivity contribution in [1.82, 2.24) is 4.90 Å². The molecule has 0 heterocycles. The molecule has 0 aromatic heterocycles. The fraction of sp³-hybridized carbons (Fsp3) is 0.462. The Morgan fingerprint density at radius 2 is 2.00 bits per heavy atom. The number of benzene rings is 1. The highest BCUT2D eigenvalue weighted by Crippen LogP contribution is 2.35. The van der Waals surface area contributed by atoms with E-state index in [1.54, 1.807) is 6.07 Å². The zero-order chi connectivity index (χ0) is 14.4. The molecule has 0 saturated heterocycles. The van der Waals surface area contributed by atoms with Crippen LogP contribution in [-0.2, 0) is 11.2 Å². The smallest absolute Gasteiger partial charge is 0.341 e. The standard InChI is InChI=1S/C13H17Cl2NO3/c1-16(2)7-3-4-9-5-6-10(13(15)12(9)14)19-8-11(17)18/h5-6H,3-4,7-8H2,1-2H3,(H,17,18). The molecular formula is C13H17Cl2NO3. The van der Waals surface area contributed by atoms with Crippen LogP contribution in [0.15, 0.2) is 12.1 Å². The molecule has 0 unspecified atom stereocenters. The quantitative estimate of drug-likeness (QED) is 0.841. The molecular weight excluding hydrogens is 289 g/mol. The van der Waals surface area contributed by atoms with E-state index in [9.17, 15) is 4.79 Å². The Labute approximate surface area is 122 Å². The maximum absolute atomic E-state index is 10.4. The van der Waals surface area contributed by atoms with Crippen LogP contribution < -0.4 is 4.74 Å². The third kappa shape index (κ3) is 5.27. The lowest BCUT2D eigenvalue weighted by atomic mass is 10.1. The number of carboxylic acids is 1. The van der Waals surface area contributed by atoms with Crippen LogP contribution in [0.2, 0.25) is 10.0 Å². The average molecular weight is 306 g/mol. The Kier molecular flexibility index (Phi) is 6.42. The van der Waals surface area contributed by atoms with E-state index in [0.717, 1.165) is 24.9 Å². The first-order valence-electron chi connectivity index (χ1n) is 5.88. The number of rotatable bonds is 7. The summed E-state index contributed by atoms with van der Waals surface area (Å²) >= 11 is 12.2. The first kappa shape index (κ1) is 16.1.